The molecule has 0 atom stereocenters. The van der Waals surface area contributed by atoms with Crippen LogP contribution in [0.3, 0.4) is 0 Å². The lowest BCUT2D eigenvalue weighted by Crippen LogP contribution is -3.15. The highest BCUT2D eigenvalue weighted by atomic mass is 32.2. The zero-order chi connectivity index (χ0) is 21.2. The molecule has 1 aromatic rings. The number of carbonyl (C=O) groups is 2. The molecule has 2 N–H and O–H groups in total. The molecule has 1 aliphatic heterocycles. The molecule has 1 aliphatic carbocycles. The van der Waals surface area contributed by atoms with Crippen LogP contribution in [0.2, 0.25) is 0 Å². The summed E-state index contributed by atoms with van der Waals surface area (Å²) in [6.45, 7) is 3.02. The third-order valence-electron chi connectivity index (χ3n) is 5.34. The van der Waals surface area contributed by atoms with E-state index in [0.29, 0.717) is 24.5 Å². The van der Waals surface area contributed by atoms with Crippen LogP contribution >= 0.6 is 0 Å². The Hall–Kier alpha value is -2.17. The van der Waals surface area contributed by atoms with Crippen molar-refractivity contribution >= 4 is 27.5 Å². The fourth-order valence-electron chi connectivity index (χ4n) is 3.39. The second kappa shape index (κ2) is 8.68. The van der Waals surface area contributed by atoms with Crippen molar-refractivity contribution < 1.29 is 27.6 Å². The van der Waals surface area contributed by atoms with Gasteiger partial charge in [-0.15, -0.1) is 0 Å². The van der Waals surface area contributed by atoms with Crippen LogP contribution in [0.25, 0.3) is 0 Å². The van der Waals surface area contributed by atoms with Crippen LogP contribution in [0.4, 0.5) is 5.69 Å². The molecule has 10 heteroatoms. The van der Waals surface area contributed by atoms with Crippen molar-refractivity contribution in [3.05, 3.63) is 18.2 Å². The summed E-state index contributed by atoms with van der Waals surface area (Å²) in [7, 11) is 0.751. The summed E-state index contributed by atoms with van der Waals surface area (Å²) >= 11 is 0. The first-order chi connectivity index (χ1) is 13.7. The molecule has 0 radical (unpaired) electrons. The van der Waals surface area contributed by atoms with Gasteiger partial charge in [-0.3, -0.25) is 9.59 Å². The van der Waals surface area contributed by atoms with Crippen molar-refractivity contribution in [3.8, 4) is 5.75 Å². The normalized spacial score (nSPS) is 18.0. The zero-order valence-electron chi connectivity index (χ0n) is 17.1. The Morgan fingerprint density at radius 1 is 1.24 bits per heavy atom. The van der Waals surface area contributed by atoms with Crippen molar-refractivity contribution in [1.82, 2.24) is 9.21 Å². The summed E-state index contributed by atoms with van der Waals surface area (Å²) in [6.07, 6.45) is 2.00. The van der Waals surface area contributed by atoms with Gasteiger partial charge in [0.2, 0.25) is 15.9 Å². The van der Waals surface area contributed by atoms with Gasteiger partial charge in [0.05, 0.1) is 43.9 Å². The van der Waals surface area contributed by atoms with E-state index in [1.165, 1.54) is 39.4 Å². The highest BCUT2D eigenvalue weighted by Crippen LogP contribution is 2.31. The molecule has 0 spiro atoms. The third-order valence-corrected chi connectivity index (χ3v) is 7.15. The Labute approximate surface area is 171 Å². The number of amides is 2. The van der Waals surface area contributed by atoms with E-state index in [4.69, 9.17) is 4.74 Å². The van der Waals surface area contributed by atoms with Gasteiger partial charge in [0.25, 0.3) is 5.91 Å². The van der Waals surface area contributed by atoms with Crippen LogP contribution in [-0.4, -0.2) is 83.4 Å². The summed E-state index contributed by atoms with van der Waals surface area (Å²) in [5.74, 6) is 0.640. The van der Waals surface area contributed by atoms with E-state index in [-0.39, 0.29) is 29.2 Å². The number of nitrogens with zero attached hydrogens (tertiary/aromatic N) is 2. The van der Waals surface area contributed by atoms with E-state index in [1.807, 2.05) is 4.90 Å². The van der Waals surface area contributed by atoms with Crippen LogP contribution in [0.5, 0.6) is 5.75 Å². The van der Waals surface area contributed by atoms with Crippen LogP contribution in [-0.2, 0) is 19.6 Å². The van der Waals surface area contributed by atoms with Gasteiger partial charge < -0.3 is 19.9 Å². The number of hydrogen-bond acceptors (Lipinski definition) is 5. The Balaban J connectivity index is 1.60. The number of quaternary nitrogens is 1. The molecule has 29 heavy (non-hydrogen) atoms. The van der Waals surface area contributed by atoms with Crippen molar-refractivity contribution in [3.63, 3.8) is 0 Å². The molecule has 0 unspecified atom stereocenters. The second-order valence-electron chi connectivity index (χ2n) is 7.72. The number of rotatable bonds is 7. The average molecular weight is 426 g/mol. The first-order valence-electron chi connectivity index (χ1n) is 9.75. The molecule has 1 saturated carbocycles. The summed E-state index contributed by atoms with van der Waals surface area (Å²) in [5, 5.41) is 2.77. The van der Waals surface area contributed by atoms with Crippen LogP contribution in [0.15, 0.2) is 23.1 Å². The summed E-state index contributed by atoms with van der Waals surface area (Å²) in [5.41, 5.74) is 0.322. The molecular weight excluding hydrogens is 396 g/mol. The van der Waals surface area contributed by atoms with Gasteiger partial charge in [-0.05, 0) is 31.0 Å². The minimum absolute atomic E-state index is 0.0816. The molecule has 0 bridgehead atoms. The topological polar surface area (TPSA) is 100 Å². The first kappa shape index (κ1) is 21.5. The molecule has 1 aromatic carbocycles. The molecule has 9 nitrogen and oxygen atoms in total. The lowest BCUT2D eigenvalue weighted by atomic mass is 10.2. The summed E-state index contributed by atoms with van der Waals surface area (Å²) in [6, 6.07) is 4.39. The van der Waals surface area contributed by atoms with Gasteiger partial charge in [0.15, 0.2) is 6.54 Å². The number of nitrogens with one attached hydrogen (secondary N) is 2. The van der Waals surface area contributed by atoms with Crippen molar-refractivity contribution in [2.24, 2.45) is 5.92 Å². The van der Waals surface area contributed by atoms with Gasteiger partial charge in [0, 0.05) is 20.0 Å². The Morgan fingerprint density at radius 2 is 1.90 bits per heavy atom. The fraction of sp³-hybridized carbons (Fsp3) is 0.579. The monoisotopic (exact) mass is 425 g/mol. The molecule has 3 rings (SSSR count). The summed E-state index contributed by atoms with van der Waals surface area (Å²) < 4.78 is 31.1. The maximum Gasteiger partial charge on any atom is 0.279 e. The molecule has 1 saturated heterocycles. The van der Waals surface area contributed by atoms with E-state index in [1.54, 1.807) is 0 Å². The number of hydrogen-bond donors (Lipinski definition) is 2. The van der Waals surface area contributed by atoms with Crippen molar-refractivity contribution in [2.75, 3.05) is 59.2 Å². The largest absolute Gasteiger partial charge is 0.495 e. The Bertz CT molecular complexity index is 875. The molecule has 1 heterocycles. The minimum Gasteiger partial charge on any atom is -0.495 e. The number of carbonyl (C=O) groups excluding carboxylic acids is 2. The minimum atomic E-state index is -3.62. The third kappa shape index (κ3) is 5.06. The summed E-state index contributed by atoms with van der Waals surface area (Å²) in [4.78, 5) is 27.8. The van der Waals surface area contributed by atoms with Gasteiger partial charge in [-0.1, -0.05) is 0 Å². The molecular formula is C19H29N4O5S+. The van der Waals surface area contributed by atoms with Gasteiger partial charge in [-0.25, -0.2) is 12.7 Å². The Morgan fingerprint density at radius 3 is 2.45 bits per heavy atom. The first-order valence-corrected chi connectivity index (χ1v) is 11.2. The standard InChI is InChI=1S/C19H28N4O5S/c1-21(2)29(26,27)15-6-7-17(28-3)16(12-15)20-18(24)13-22-8-10-23(11-9-22)19(25)14-4-5-14/h6-7,12,14H,4-5,8-11,13H2,1-3H3,(H,20,24)/p+1. The molecule has 2 fully saturated rings. The van der Waals surface area contributed by atoms with E-state index in [9.17, 15) is 18.0 Å². The predicted molar refractivity (Wildman–Crippen MR) is 107 cm³/mol. The molecule has 160 valence electrons. The van der Waals surface area contributed by atoms with Gasteiger partial charge >= 0.3 is 0 Å². The lowest BCUT2D eigenvalue weighted by molar-refractivity contribution is -0.895. The number of ether oxygens (including phenoxy) is 1. The van der Waals surface area contributed by atoms with Crippen LogP contribution in [0, 0.1) is 5.92 Å². The molecule has 2 amide bonds. The van der Waals surface area contributed by atoms with Crippen molar-refractivity contribution in [2.45, 2.75) is 17.7 Å². The van der Waals surface area contributed by atoms with Crippen LogP contribution in [0.1, 0.15) is 12.8 Å². The number of methoxy groups -OCH3 is 1. The number of sulfonamides is 1. The predicted octanol–water partition coefficient (Wildman–Crippen LogP) is -0.979. The average Bonchev–Trinajstić information content (AvgIpc) is 3.53. The second-order valence-corrected chi connectivity index (χ2v) is 9.88. The van der Waals surface area contributed by atoms with Gasteiger partial charge in [0.1, 0.15) is 5.75 Å². The van der Waals surface area contributed by atoms with Gasteiger partial charge in [-0.2, -0.15) is 0 Å². The highest BCUT2D eigenvalue weighted by Gasteiger charge is 2.35. The van der Waals surface area contributed by atoms with E-state index < -0.39 is 10.0 Å². The maximum atomic E-state index is 12.5. The highest BCUT2D eigenvalue weighted by molar-refractivity contribution is 7.89. The SMILES string of the molecule is COc1ccc(S(=O)(=O)N(C)C)cc1NC(=O)C[NH+]1CCN(C(=O)C2CC2)CC1. The maximum absolute atomic E-state index is 12.5. The molecule has 2 aliphatic rings. The van der Waals surface area contributed by atoms with E-state index >= 15 is 0 Å². The quantitative estimate of drug-likeness (QED) is 0.585. The fourth-order valence-corrected chi connectivity index (χ4v) is 4.31. The zero-order valence-corrected chi connectivity index (χ0v) is 17.9. The number of piperazine rings is 1. The van der Waals surface area contributed by atoms with E-state index in [0.717, 1.165) is 35.1 Å². The van der Waals surface area contributed by atoms with Crippen molar-refractivity contribution in [1.29, 1.82) is 0 Å². The number of anilines is 1. The lowest BCUT2D eigenvalue weighted by Gasteiger charge is -2.32. The van der Waals surface area contributed by atoms with Crippen LogP contribution < -0.4 is 15.0 Å². The van der Waals surface area contributed by atoms with E-state index in [2.05, 4.69) is 5.32 Å². The number of benzene rings is 1. The smallest absolute Gasteiger partial charge is 0.279 e. The molecule has 0 aromatic heterocycles. The Kier molecular flexibility index (Phi) is 6.45.